The molecular formula is C33H40O20. The number of benzene rings is 2. The van der Waals surface area contributed by atoms with E-state index in [1.54, 1.807) is 0 Å². The van der Waals surface area contributed by atoms with Crippen molar-refractivity contribution >= 4 is 11.0 Å². The highest BCUT2D eigenvalue weighted by molar-refractivity contribution is 5.88. The van der Waals surface area contributed by atoms with Gasteiger partial charge in [0.1, 0.15) is 89.3 Å². The van der Waals surface area contributed by atoms with Crippen LogP contribution < -0.4 is 14.9 Å². The Morgan fingerprint density at radius 2 is 1.25 bits per heavy atom. The molecule has 292 valence electrons. The van der Waals surface area contributed by atoms with E-state index < -0.39 is 128 Å². The van der Waals surface area contributed by atoms with E-state index in [0.717, 1.165) is 12.1 Å². The van der Waals surface area contributed by atoms with Crippen molar-refractivity contribution in [3.8, 4) is 34.3 Å². The highest BCUT2D eigenvalue weighted by Gasteiger charge is 2.52. The minimum atomic E-state index is -1.99. The SMILES string of the molecule is C[C@@H]1O[C@@H](Oc2cc(O)c3c(=O)c(O[C@@H]4O[C@H](CO)[C@@H](O)[C@H](O)[C@H]4O[C@@H]4O[C@H](CO)[C@@H](O)[C@H](O)[C@H]4O)c(-c4ccc(O)cc4)oc3c2)[C@H](O)[C@H](O)[C@H]1O. The van der Waals surface area contributed by atoms with Crippen LogP contribution in [0.1, 0.15) is 6.92 Å². The molecule has 0 saturated carbocycles. The zero-order valence-electron chi connectivity index (χ0n) is 27.7. The van der Waals surface area contributed by atoms with Gasteiger partial charge in [0.05, 0.1) is 19.3 Å². The molecule has 12 N–H and O–H groups in total. The summed E-state index contributed by atoms with van der Waals surface area (Å²) >= 11 is 0. The minimum absolute atomic E-state index is 0.0982. The van der Waals surface area contributed by atoms with Crippen molar-refractivity contribution in [2.24, 2.45) is 0 Å². The second-order valence-electron chi connectivity index (χ2n) is 12.9. The molecule has 0 amide bonds. The summed E-state index contributed by atoms with van der Waals surface area (Å²) in [6.07, 6.45) is -25.5. The molecule has 3 aromatic rings. The Labute approximate surface area is 298 Å². The number of fused-ring (bicyclic) bond motifs is 1. The van der Waals surface area contributed by atoms with Gasteiger partial charge in [-0.25, -0.2) is 0 Å². The number of aromatic hydroxyl groups is 2. The van der Waals surface area contributed by atoms with Gasteiger partial charge in [-0.1, -0.05) is 0 Å². The molecule has 20 nitrogen and oxygen atoms in total. The van der Waals surface area contributed by atoms with Gasteiger partial charge >= 0.3 is 0 Å². The fourth-order valence-electron chi connectivity index (χ4n) is 6.23. The fraction of sp³-hybridized carbons (Fsp3) is 0.545. The van der Waals surface area contributed by atoms with Crippen molar-refractivity contribution in [1.29, 1.82) is 0 Å². The molecule has 4 heterocycles. The van der Waals surface area contributed by atoms with Gasteiger partial charge in [-0.3, -0.25) is 4.79 Å². The highest BCUT2D eigenvalue weighted by atomic mass is 16.8. The number of hydrogen-bond acceptors (Lipinski definition) is 20. The van der Waals surface area contributed by atoms with Gasteiger partial charge in [0.25, 0.3) is 0 Å². The topological polar surface area (TPSA) is 328 Å². The Morgan fingerprint density at radius 1 is 0.660 bits per heavy atom. The number of rotatable bonds is 9. The van der Waals surface area contributed by atoms with Gasteiger partial charge in [-0.15, -0.1) is 0 Å². The minimum Gasteiger partial charge on any atom is -0.508 e. The van der Waals surface area contributed by atoms with Crippen LogP contribution in [0.25, 0.3) is 22.3 Å². The van der Waals surface area contributed by atoms with Gasteiger partial charge in [0, 0.05) is 17.7 Å². The van der Waals surface area contributed by atoms with Gasteiger partial charge in [0.2, 0.25) is 23.8 Å². The third-order valence-corrected chi connectivity index (χ3v) is 9.29. The summed E-state index contributed by atoms with van der Waals surface area (Å²) in [5, 5.41) is 123. The third-order valence-electron chi connectivity index (χ3n) is 9.29. The Kier molecular flexibility index (Phi) is 11.5. The average Bonchev–Trinajstić information content (AvgIpc) is 3.13. The number of ether oxygens (including phenoxy) is 6. The standard InChI is InChI=1S/C33H40O20/c1-10-19(38)23(42)26(45)31(47-10)48-13-6-14(37)18-15(7-13)49-28(11-2-4-12(36)5-3-11)29(22(18)41)52-33-30(25(44)21(40)17(9-35)51-33)53-32-27(46)24(43)20(39)16(8-34)50-32/h2-7,10,16-17,19-21,23-27,30-40,42-46H,8-9H2,1H3/t10-,16+,17+,19-,20+,21+,23+,24-,25-,26+,27+,30+,31-,32-,33-/m0/s1. The van der Waals surface area contributed by atoms with E-state index in [4.69, 9.17) is 32.8 Å². The summed E-state index contributed by atoms with van der Waals surface area (Å²) in [6.45, 7) is -0.275. The van der Waals surface area contributed by atoms with E-state index in [2.05, 4.69) is 0 Å². The van der Waals surface area contributed by atoms with E-state index in [0.29, 0.717) is 0 Å². The first-order chi connectivity index (χ1) is 25.1. The zero-order valence-corrected chi connectivity index (χ0v) is 27.7. The Hall–Kier alpha value is -3.71. The van der Waals surface area contributed by atoms with E-state index >= 15 is 0 Å². The molecule has 0 radical (unpaired) electrons. The van der Waals surface area contributed by atoms with Crippen LogP contribution in [0.4, 0.5) is 0 Å². The van der Waals surface area contributed by atoms with E-state index in [1.807, 2.05) is 0 Å². The van der Waals surface area contributed by atoms with Gasteiger partial charge in [-0.05, 0) is 31.2 Å². The van der Waals surface area contributed by atoms with Gasteiger partial charge in [0.15, 0.2) is 18.2 Å². The first kappa shape index (κ1) is 39.0. The second kappa shape index (κ2) is 15.6. The van der Waals surface area contributed by atoms with Crippen LogP contribution >= 0.6 is 0 Å². The maximum atomic E-state index is 14.2. The summed E-state index contributed by atoms with van der Waals surface area (Å²) in [5.41, 5.74) is -1.28. The molecule has 6 rings (SSSR count). The van der Waals surface area contributed by atoms with Crippen molar-refractivity contribution in [2.75, 3.05) is 13.2 Å². The molecule has 3 aliphatic heterocycles. The van der Waals surface area contributed by atoms with Gasteiger partial charge < -0.3 is 94.1 Å². The maximum absolute atomic E-state index is 14.2. The first-order valence-electron chi connectivity index (χ1n) is 16.4. The number of phenols is 2. The molecule has 3 aliphatic rings. The molecule has 53 heavy (non-hydrogen) atoms. The number of aliphatic hydroxyl groups excluding tert-OH is 10. The van der Waals surface area contributed by atoms with Crippen LogP contribution in [-0.4, -0.2) is 167 Å². The Balaban J connectivity index is 1.41. The van der Waals surface area contributed by atoms with Crippen molar-refractivity contribution < 1.29 is 94.1 Å². The van der Waals surface area contributed by atoms with E-state index in [-0.39, 0.29) is 28.4 Å². The Morgan fingerprint density at radius 3 is 1.89 bits per heavy atom. The molecule has 15 atom stereocenters. The van der Waals surface area contributed by atoms with Crippen LogP contribution in [-0.2, 0) is 18.9 Å². The lowest BCUT2D eigenvalue weighted by Crippen LogP contribution is -2.65. The third kappa shape index (κ3) is 7.39. The molecule has 3 fully saturated rings. The van der Waals surface area contributed by atoms with Crippen molar-refractivity contribution in [1.82, 2.24) is 0 Å². The van der Waals surface area contributed by atoms with Crippen LogP contribution in [0.15, 0.2) is 45.6 Å². The largest absolute Gasteiger partial charge is 0.508 e. The first-order valence-corrected chi connectivity index (χ1v) is 16.4. The number of aliphatic hydroxyl groups is 10. The summed E-state index contributed by atoms with van der Waals surface area (Å²) in [4.78, 5) is 14.2. The molecule has 3 saturated heterocycles. The van der Waals surface area contributed by atoms with Gasteiger partial charge in [-0.2, -0.15) is 0 Å². The van der Waals surface area contributed by atoms with E-state index in [1.165, 1.54) is 31.2 Å². The lowest BCUT2D eigenvalue weighted by molar-refractivity contribution is -0.358. The van der Waals surface area contributed by atoms with Crippen LogP contribution in [0.5, 0.6) is 23.0 Å². The monoisotopic (exact) mass is 756 g/mol. The summed E-state index contributed by atoms with van der Waals surface area (Å²) in [5.74, 6) is -2.19. The van der Waals surface area contributed by atoms with Crippen LogP contribution in [0.3, 0.4) is 0 Å². The normalized spacial score (nSPS) is 37.8. The smallest absolute Gasteiger partial charge is 0.239 e. The number of phenolic OH excluding ortho intramolecular Hbond substituents is 2. The summed E-state index contributed by atoms with van der Waals surface area (Å²) in [6, 6.07) is 7.25. The Bertz CT molecular complexity index is 1780. The van der Waals surface area contributed by atoms with Crippen molar-refractivity contribution in [3.63, 3.8) is 0 Å². The predicted molar refractivity (Wildman–Crippen MR) is 171 cm³/mol. The molecule has 0 bridgehead atoms. The molecule has 0 unspecified atom stereocenters. The van der Waals surface area contributed by atoms with Crippen LogP contribution in [0, 0.1) is 0 Å². The van der Waals surface area contributed by atoms with Crippen molar-refractivity contribution in [2.45, 2.75) is 99.0 Å². The summed E-state index contributed by atoms with van der Waals surface area (Å²) < 4.78 is 39.8. The van der Waals surface area contributed by atoms with Crippen molar-refractivity contribution in [3.05, 3.63) is 46.6 Å². The molecule has 2 aromatic carbocycles. The second-order valence-corrected chi connectivity index (χ2v) is 12.9. The van der Waals surface area contributed by atoms with Crippen LogP contribution in [0.2, 0.25) is 0 Å². The van der Waals surface area contributed by atoms with E-state index in [9.17, 15) is 66.1 Å². The average molecular weight is 757 g/mol. The molecule has 20 heteroatoms. The molecule has 1 aromatic heterocycles. The highest BCUT2D eigenvalue weighted by Crippen LogP contribution is 2.39. The summed E-state index contributed by atoms with van der Waals surface area (Å²) in [7, 11) is 0. The number of hydrogen-bond donors (Lipinski definition) is 12. The lowest BCUT2D eigenvalue weighted by atomic mass is 9.97. The fourth-order valence-corrected chi connectivity index (χ4v) is 6.23. The maximum Gasteiger partial charge on any atom is 0.239 e. The lowest BCUT2D eigenvalue weighted by Gasteiger charge is -2.45. The predicted octanol–water partition coefficient (Wildman–Crippen LogP) is -3.92. The molecule has 0 spiro atoms. The molecular weight excluding hydrogens is 716 g/mol. The molecule has 0 aliphatic carbocycles. The zero-order chi connectivity index (χ0) is 38.5. The quantitative estimate of drug-likeness (QED) is 0.0992.